The number of aryl methyl sites for hydroxylation is 3. The Balaban J connectivity index is 1.74. The lowest BCUT2D eigenvalue weighted by atomic mass is 10.1. The topological polar surface area (TPSA) is 86.8 Å². The van der Waals surface area contributed by atoms with Crippen molar-refractivity contribution in [2.45, 2.75) is 83.3 Å². The summed E-state index contributed by atoms with van der Waals surface area (Å²) < 4.78 is 43.0. The Bertz CT molecular complexity index is 1500. The lowest BCUT2D eigenvalue weighted by Gasteiger charge is -2.34. The molecule has 7 nitrogen and oxygen atoms in total. The highest BCUT2D eigenvalue weighted by Crippen LogP contribution is 2.29. The normalized spacial score (nSPS) is 14.4. The SMILES string of the molecule is CC[C@@H](C(=O)NC1CCCC1)N(Cc1ccc(F)cc1)C(=O)CN(c1cc(C)ccc1C)S(=O)(=O)c1ccc(C)cc1. The first-order chi connectivity index (χ1) is 20.0. The molecule has 9 heteroatoms. The molecule has 3 aromatic carbocycles. The number of carbonyl (C=O) groups excluding carboxylic acids is 2. The van der Waals surface area contributed by atoms with E-state index in [0.717, 1.165) is 41.1 Å². The van der Waals surface area contributed by atoms with Crippen LogP contribution in [0.2, 0.25) is 0 Å². The summed E-state index contributed by atoms with van der Waals surface area (Å²) in [7, 11) is -4.15. The maximum Gasteiger partial charge on any atom is 0.264 e. The number of carbonyl (C=O) groups is 2. The second-order valence-corrected chi connectivity index (χ2v) is 13.0. The Morgan fingerprint density at radius 1 is 0.929 bits per heavy atom. The summed E-state index contributed by atoms with van der Waals surface area (Å²) in [5.41, 5.74) is 3.48. The molecule has 1 atom stereocenters. The van der Waals surface area contributed by atoms with Gasteiger partial charge in [0.25, 0.3) is 10.0 Å². The van der Waals surface area contributed by atoms with Crippen molar-refractivity contribution in [3.05, 3.63) is 94.8 Å². The first kappa shape index (κ1) is 31.2. The zero-order valence-corrected chi connectivity index (χ0v) is 25.6. The minimum Gasteiger partial charge on any atom is -0.352 e. The van der Waals surface area contributed by atoms with E-state index in [0.29, 0.717) is 23.2 Å². The van der Waals surface area contributed by atoms with E-state index in [9.17, 15) is 22.4 Å². The van der Waals surface area contributed by atoms with Gasteiger partial charge in [0.05, 0.1) is 10.6 Å². The van der Waals surface area contributed by atoms with Crippen LogP contribution in [0.1, 0.15) is 61.3 Å². The zero-order valence-electron chi connectivity index (χ0n) is 24.8. The largest absolute Gasteiger partial charge is 0.352 e. The van der Waals surface area contributed by atoms with Crippen LogP contribution in [0.3, 0.4) is 0 Å². The Labute approximate surface area is 248 Å². The van der Waals surface area contributed by atoms with Gasteiger partial charge in [0.1, 0.15) is 18.4 Å². The number of nitrogens with zero attached hydrogens (tertiary/aromatic N) is 2. The third-order valence-corrected chi connectivity index (χ3v) is 9.65. The first-order valence-corrected chi connectivity index (χ1v) is 15.9. The van der Waals surface area contributed by atoms with Gasteiger partial charge >= 0.3 is 0 Å². The number of anilines is 1. The van der Waals surface area contributed by atoms with E-state index in [1.54, 1.807) is 37.3 Å². The fourth-order valence-corrected chi connectivity index (χ4v) is 6.88. The molecular formula is C33H40FN3O4S. The smallest absolute Gasteiger partial charge is 0.264 e. The highest BCUT2D eigenvalue weighted by Gasteiger charge is 2.35. The number of hydrogen-bond acceptors (Lipinski definition) is 4. The molecule has 0 spiro atoms. The number of rotatable bonds is 11. The Hall–Kier alpha value is -3.72. The summed E-state index contributed by atoms with van der Waals surface area (Å²) in [6.07, 6.45) is 4.20. The van der Waals surface area contributed by atoms with E-state index in [4.69, 9.17) is 0 Å². The van der Waals surface area contributed by atoms with Gasteiger partial charge in [-0.3, -0.25) is 13.9 Å². The van der Waals surface area contributed by atoms with Gasteiger partial charge in [0.2, 0.25) is 11.8 Å². The standard InChI is InChI=1S/C33H40FN3O4S/c1-5-30(33(39)35-28-8-6-7-9-28)36(21-26-14-16-27(34)17-15-26)32(38)22-37(31-20-24(3)10-13-25(31)4)42(40,41)29-18-11-23(2)12-19-29/h10-20,28,30H,5-9,21-22H2,1-4H3,(H,35,39)/t30-/m0/s1. The molecule has 3 aromatic rings. The van der Waals surface area contributed by atoms with Gasteiger partial charge in [-0.1, -0.05) is 61.7 Å². The molecule has 1 N–H and O–H groups in total. The average Bonchev–Trinajstić information content (AvgIpc) is 3.47. The first-order valence-electron chi connectivity index (χ1n) is 14.5. The monoisotopic (exact) mass is 593 g/mol. The molecule has 4 rings (SSSR count). The third kappa shape index (κ3) is 7.37. The van der Waals surface area contributed by atoms with Gasteiger partial charge in [-0.2, -0.15) is 0 Å². The highest BCUT2D eigenvalue weighted by atomic mass is 32.2. The molecule has 1 saturated carbocycles. The molecule has 0 heterocycles. The van der Waals surface area contributed by atoms with Crippen LogP contribution in [0.25, 0.3) is 0 Å². The van der Waals surface area contributed by atoms with Crippen molar-refractivity contribution in [2.24, 2.45) is 0 Å². The summed E-state index contributed by atoms with van der Waals surface area (Å²) in [6.45, 7) is 6.89. The molecule has 0 radical (unpaired) electrons. The Morgan fingerprint density at radius 3 is 2.17 bits per heavy atom. The number of sulfonamides is 1. The summed E-state index contributed by atoms with van der Waals surface area (Å²) >= 11 is 0. The molecule has 224 valence electrons. The van der Waals surface area contributed by atoms with Crippen LogP contribution in [0.15, 0.2) is 71.6 Å². The molecule has 0 bridgehead atoms. The van der Waals surface area contributed by atoms with Crippen LogP contribution in [0.5, 0.6) is 0 Å². The predicted molar refractivity (Wildman–Crippen MR) is 163 cm³/mol. The van der Waals surface area contributed by atoms with Crippen LogP contribution >= 0.6 is 0 Å². The minimum atomic E-state index is -4.15. The van der Waals surface area contributed by atoms with E-state index < -0.39 is 34.3 Å². The van der Waals surface area contributed by atoms with Crippen molar-refractivity contribution in [3.63, 3.8) is 0 Å². The maximum atomic E-state index is 14.2. The lowest BCUT2D eigenvalue weighted by molar-refractivity contribution is -0.140. The van der Waals surface area contributed by atoms with Gasteiger partial charge in [0, 0.05) is 12.6 Å². The number of halogens is 1. The van der Waals surface area contributed by atoms with Crippen molar-refractivity contribution in [2.75, 3.05) is 10.8 Å². The molecule has 0 saturated heterocycles. The van der Waals surface area contributed by atoms with Crippen molar-refractivity contribution in [1.29, 1.82) is 0 Å². The van der Waals surface area contributed by atoms with Gasteiger partial charge in [0.15, 0.2) is 0 Å². The molecule has 42 heavy (non-hydrogen) atoms. The predicted octanol–water partition coefficient (Wildman–Crippen LogP) is 5.81. The molecule has 0 aromatic heterocycles. The number of hydrogen-bond donors (Lipinski definition) is 1. The average molecular weight is 594 g/mol. The van der Waals surface area contributed by atoms with Crippen molar-refractivity contribution >= 4 is 27.5 Å². The van der Waals surface area contributed by atoms with Gasteiger partial charge in [-0.15, -0.1) is 0 Å². The van der Waals surface area contributed by atoms with Crippen LogP contribution in [0, 0.1) is 26.6 Å². The minimum absolute atomic E-state index is 0.0287. The Morgan fingerprint density at radius 2 is 1.55 bits per heavy atom. The summed E-state index contributed by atoms with van der Waals surface area (Å²) in [4.78, 5) is 29.3. The number of amides is 2. The molecule has 1 fully saturated rings. The fraction of sp³-hybridized carbons (Fsp3) is 0.394. The molecule has 0 unspecified atom stereocenters. The summed E-state index contributed by atoms with van der Waals surface area (Å²) in [6, 6.07) is 17.0. The van der Waals surface area contributed by atoms with E-state index in [1.807, 2.05) is 32.9 Å². The quantitative estimate of drug-likeness (QED) is 0.304. The van der Waals surface area contributed by atoms with E-state index in [-0.39, 0.29) is 23.4 Å². The van der Waals surface area contributed by atoms with Gasteiger partial charge in [-0.05, 0) is 87.1 Å². The molecule has 0 aliphatic heterocycles. The second-order valence-electron chi connectivity index (χ2n) is 11.2. The summed E-state index contributed by atoms with van der Waals surface area (Å²) in [5, 5.41) is 3.10. The van der Waals surface area contributed by atoms with Crippen molar-refractivity contribution < 1.29 is 22.4 Å². The molecule has 2 amide bonds. The van der Waals surface area contributed by atoms with Crippen LogP contribution in [-0.2, 0) is 26.2 Å². The van der Waals surface area contributed by atoms with E-state index >= 15 is 0 Å². The molecule has 1 aliphatic carbocycles. The van der Waals surface area contributed by atoms with E-state index in [1.165, 1.54) is 29.2 Å². The maximum absolute atomic E-state index is 14.2. The van der Waals surface area contributed by atoms with Crippen LogP contribution in [-0.4, -0.2) is 43.8 Å². The van der Waals surface area contributed by atoms with Gasteiger partial charge in [-0.25, -0.2) is 12.8 Å². The van der Waals surface area contributed by atoms with E-state index in [2.05, 4.69) is 5.32 Å². The number of benzene rings is 3. The third-order valence-electron chi connectivity index (χ3n) is 7.87. The summed E-state index contributed by atoms with van der Waals surface area (Å²) in [5.74, 6) is -1.20. The van der Waals surface area contributed by atoms with Crippen LogP contribution in [0.4, 0.5) is 10.1 Å². The van der Waals surface area contributed by atoms with Gasteiger partial charge < -0.3 is 10.2 Å². The van der Waals surface area contributed by atoms with Crippen molar-refractivity contribution in [3.8, 4) is 0 Å². The molecular weight excluding hydrogens is 553 g/mol. The van der Waals surface area contributed by atoms with Crippen LogP contribution < -0.4 is 9.62 Å². The highest BCUT2D eigenvalue weighted by molar-refractivity contribution is 7.92. The lowest BCUT2D eigenvalue weighted by Crippen LogP contribution is -2.53. The fourth-order valence-electron chi connectivity index (χ4n) is 5.41. The zero-order chi connectivity index (χ0) is 30.4. The second kappa shape index (κ2) is 13.5. The van der Waals surface area contributed by atoms with Crippen molar-refractivity contribution in [1.82, 2.24) is 10.2 Å². The Kier molecular flexibility index (Phi) is 10.0. The molecule has 1 aliphatic rings. The number of nitrogens with one attached hydrogen (secondary N) is 1.